The number of nitrogens with zero attached hydrogens (tertiary/aromatic N) is 1. The van der Waals surface area contributed by atoms with E-state index in [4.69, 9.17) is 4.74 Å². The summed E-state index contributed by atoms with van der Waals surface area (Å²) in [6.07, 6.45) is 25.3. The summed E-state index contributed by atoms with van der Waals surface area (Å²) in [5.74, 6) is 2.83. The van der Waals surface area contributed by atoms with Crippen LogP contribution in [0.25, 0.3) is 11.3 Å². The van der Waals surface area contributed by atoms with E-state index >= 15 is 0 Å². The zero-order valence-corrected chi connectivity index (χ0v) is 22.8. The minimum atomic E-state index is 0.788. The molecule has 0 unspecified atom stereocenters. The van der Waals surface area contributed by atoms with Gasteiger partial charge in [0, 0.05) is 5.56 Å². The van der Waals surface area contributed by atoms with Crippen molar-refractivity contribution in [2.75, 3.05) is 6.61 Å². The molecule has 0 atom stereocenters. The van der Waals surface area contributed by atoms with Crippen LogP contribution in [-0.2, 0) is 6.42 Å². The Kier molecular flexibility index (Phi) is 13.3. The number of rotatable bonds is 17. The highest BCUT2D eigenvalue weighted by atomic mass is 16.5. The van der Waals surface area contributed by atoms with Crippen LogP contribution in [0, 0.1) is 11.8 Å². The third-order valence-electron chi connectivity index (χ3n) is 8.03. The summed E-state index contributed by atoms with van der Waals surface area (Å²) < 4.78 is 5.83. The van der Waals surface area contributed by atoms with E-state index in [1.165, 1.54) is 114 Å². The van der Waals surface area contributed by atoms with Crippen molar-refractivity contribution < 1.29 is 4.74 Å². The number of pyridine rings is 1. The van der Waals surface area contributed by atoms with E-state index in [-0.39, 0.29) is 0 Å². The van der Waals surface area contributed by atoms with Crippen LogP contribution < -0.4 is 4.74 Å². The molecule has 2 aromatic rings. The van der Waals surface area contributed by atoms with Crippen molar-refractivity contribution in [2.45, 2.75) is 123 Å². The Hall–Kier alpha value is -1.83. The van der Waals surface area contributed by atoms with Crippen molar-refractivity contribution in [1.29, 1.82) is 0 Å². The average Bonchev–Trinajstić information content (AvgIpc) is 2.91. The predicted octanol–water partition coefficient (Wildman–Crippen LogP) is 10.2. The Morgan fingerprint density at radius 3 is 1.97 bits per heavy atom. The van der Waals surface area contributed by atoms with Gasteiger partial charge in [-0.15, -0.1) is 0 Å². The lowest BCUT2D eigenvalue weighted by Crippen LogP contribution is -2.15. The van der Waals surface area contributed by atoms with Gasteiger partial charge in [-0.1, -0.05) is 128 Å². The van der Waals surface area contributed by atoms with E-state index in [2.05, 4.69) is 55.2 Å². The summed E-state index contributed by atoms with van der Waals surface area (Å²) in [6.45, 7) is 5.33. The highest BCUT2D eigenvalue weighted by Gasteiger charge is 2.20. The van der Waals surface area contributed by atoms with Gasteiger partial charge in [0.05, 0.1) is 18.5 Å². The Bertz CT molecular complexity index is 774. The Morgan fingerprint density at radius 1 is 0.686 bits per heavy atom. The lowest BCUT2D eigenvalue weighted by atomic mass is 9.77. The molecule has 1 fully saturated rings. The van der Waals surface area contributed by atoms with E-state index in [0.717, 1.165) is 36.3 Å². The van der Waals surface area contributed by atoms with Crippen LogP contribution in [0.2, 0.25) is 0 Å². The van der Waals surface area contributed by atoms with E-state index in [1.54, 1.807) is 0 Å². The van der Waals surface area contributed by atoms with E-state index < -0.39 is 0 Å². The number of unbranched alkanes of at least 4 members (excludes halogenated alkanes) is 8. The first-order valence-electron chi connectivity index (χ1n) is 15.0. The number of aryl methyl sites for hydroxylation is 1. The monoisotopic (exact) mass is 477 g/mol. The molecule has 0 saturated heterocycles. The molecule has 2 nitrogen and oxygen atoms in total. The summed E-state index contributed by atoms with van der Waals surface area (Å²) in [4.78, 5) is 4.63. The molecule has 1 aromatic carbocycles. The molecule has 1 aromatic heterocycles. The topological polar surface area (TPSA) is 22.1 Å². The molecule has 1 aliphatic carbocycles. The summed E-state index contributed by atoms with van der Waals surface area (Å²) in [6, 6.07) is 13.2. The second kappa shape index (κ2) is 16.8. The van der Waals surface area contributed by atoms with Gasteiger partial charge < -0.3 is 4.74 Å². The highest BCUT2D eigenvalue weighted by Crippen LogP contribution is 2.34. The molecule has 0 amide bonds. The van der Waals surface area contributed by atoms with Gasteiger partial charge in [0.1, 0.15) is 5.75 Å². The van der Waals surface area contributed by atoms with Crippen molar-refractivity contribution in [3.05, 3.63) is 48.2 Å². The first-order valence-corrected chi connectivity index (χ1v) is 15.0. The third-order valence-corrected chi connectivity index (χ3v) is 8.03. The molecular weight excluding hydrogens is 426 g/mol. The van der Waals surface area contributed by atoms with Crippen LogP contribution >= 0.6 is 0 Å². The zero-order chi connectivity index (χ0) is 24.6. The van der Waals surface area contributed by atoms with E-state index in [1.807, 2.05) is 6.20 Å². The molecule has 3 rings (SSSR count). The fraction of sp³-hybridized carbons (Fsp3) is 0.667. The molecule has 0 bridgehead atoms. The fourth-order valence-electron chi connectivity index (χ4n) is 5.59. The average molecular weight is 478 g/mol. The Balaban J connectivity index is 1.31. The minimum absolute atomic E-state index is 0.788. The number of ether oxygens (including phenoxy) is 1. The SMILES string of the molecule is CCCCCCCCC1CCC(CCc2ccc(-c3ccc(OCCCCCC)cn3)cc2)CC1. The van der Waals surface area contributed by atoms with Gasteiger partial charge in [0.15, 0.2) is 0 Å². The lowest BCUT2D eigenvalue weighted by Gasteiger charge is -2.28. The van der Waals surface area contributed by atoms with Crippen molar-refractivity contribution in [1.82, 2.24) is 4.98 Å². The second-order valence-electron chi connectivity index (χ2n) is 11.0. The zero-order valence-electron chi connectivity index (χ0n) is 22.8. The van der Waals surface area contributed by atoms with Crippen LogP contribution in [0.4, 0.5) is 0 Å². The van der Waals surface area contributed by atoms with Crippen molar-refractivity contribution in [2.24, 2.45) is 11.8 Å². The first kappa shape index (κ1) is 27.8. The quantitative estimate of drug-likeness (QED) is 0.211. The van der Waals surface area contributed by atoms with Crippen LogP contribution in [-0.4, -0.2) is 11.6 Å². The summed E-state index contributed by atoms with van der Waals surface area (Å²) in [5, 5.41) is 0. The van der Waals surface area contributed by atoms with Gasteiger partial charge >= 0.3 is 0 Å². The van der Waals surface area contributed by atoms with Crippen molar-refractivity contribution in [3.63, 3.8) is 0 Å². The van der Waals surface area contributed by atoms with Gasteiger partial charge in [-0.25, -0.2) is 0 Å². The Morgan fingerprint density at radius 2 is 1.31 bits per heavy atom. The molecule has 1 aliphatic rings. The summed E-state index contributed by atoms with van der Waals surface area (Å²) >= 11 is 0. The molecular formula is C33H51NO. The molecule has 35 heavy (non-hydrogen) atoms. The van der Waals surface area contributed by atoms with Gasteiger partial charge in [-0.2, -0.15) is 0 Å². The van der Waals surface area contributed by atoms with Crippen molar-refractivity contribution >= 4 is 0 Å². The van der Waals surface area contributed by atoms with Gasteiger partial charge in [0.25, 0.3) is 0 Å². The summed E-state index contributed by atoms with van der Waals surface area (Å²) in [5.41, 5.74) is 3.69. The van der Waals surface area contributed by atoms with Gasteiger partial charge in [-0.05, 0) is 48.8 Å². The molecule has 0 aliphatic heterocycles. The fourth-order valence-corrected chi connectivity index (χ4v) is 5.59. The Labute approximate surface area is 216 Å². The maximum atomic E-state index is 5.83. The van der Waals surface area contributed by atoms with Gasteiger partial charge in [0.2, 0.25) is 0 Å². The molecule has 194 valence electrons. The minimum Gasteiger partial charge on any atom is -0.492 e. The van der Waals surface area contributed by atoms with Crippen LogP contribution in [0.1, 0.15) is 122 Å². The number of aromatic nitrogens is 1. The maximum Gasteiger partial charge on any atom is 0.137 e. The smallest absolute Gasteiger partial charge is 0.137 e. The highest BCUT2D eigenvalue weighted by molar-refractivity contribution is 5.59. The normalized spacial score (nSPS) is 18.0. The third kappa shape index (κ3) is 10.8. The standard InChI is InChI=1S/C33H51NO/c1-3-5-7-9-10-11-13-28-14-16-29(17-15-28)18-19-30-20-22-31(23-21-30)33-25-24-32(27-34-33)35-26-12-8-6-4-2/h20-25,27-29H,3-19,26H2,1-2H3. The van der Waals surface area contributed by atoms with Crippen molar-refractivity contribution in [3.8, 4) is 17.0 Å². The molecule has 0 spiro atoms. The predicted molar refractivity (Wildman–Crippen MR) is 151 cm³/mol. The van der Waals surface area contributed by atoms with E-state index in [0.29, 0.717) is 0 Å². The molecule has 1 saturated carbocycles. The second-order valence-corrected chi connectivity index (χ2v) is 11.0. The lowest BCUT2D eigenvalue weighted by molar-refractivity contribution is 0.248. The largest absolute Gasteiger partial charge is 0.492 e. The number of hydrogen-bond acceptors (Lipinski definition) is 2. The van der Waals surface area contributed by atoms with Crippen LogP contribution in [0.15, 0.2) is 42.6 Å². The summed E-state index contributed by atoms with van der Waals surface area (Å²) in [7, 11) is 0. The van der Waals surface area contributed by atoms with Gasteiger partial charge in [-0.3, -0.25) is 4.98 Å². The number of benzene rings is 1. The van der Waals surface area contributed by atoms with Crippen LogP contribution in [0.5, 0.6) is 5.75 Å². The molecule has 1 heterocycles. The number of hydrogen-bond donors (Lipinski definition) is 0. The van der Waals surface area contributed by atoms with Crippen LogP contribution in [0.3, 0.4) is 0 Å². The molecule has 2 heteroatoms. The van der Waals surface area contributed by atoms with E-state index in [9.17, 15) is 0 Å². The maximum absolute atomic E-state index is 5.83. The molecule has 0 radical (unpaired) electrons. The molecule has 0 N–H and O–H groups in total. The first-order chi connectivity index (χ1) is 17.3.